The fourth-order valence-electron chi connectivity index (χ4n) is 3.24. The van der Waals surface area contributed by atoms with Crippen molar-refractivity contribution >= 4 is 73.8 Å². The third-order valence-corrected chi connectivity index (χ3v) is 7.01. The van der Waals surface area contributed by atoms with Crippen molar-refractivity contribution in [1.29, 1.82) is 0 Å². The molecule has 0 radical (unpaired) electrons. The van der Waals surface area contributed by atoms with E-state index in [1.165, 1.54) is 24.3 Å². The van der Waals surface area contributed by atoms with Gasteiger partial charge in [0.1, 0.15) is 12.4 Å². The Morgan fingerprint density at radius 3 is 2.49 bits per heavy atom. The summed E-state index contributed by atoms with van der Waals surface area (Å²) >= 11 is 16.4. The van der Waals surface area contributed by atoms with Gasteiger partial charge in [-0.3, -0.25) is 24.6 Å². The van der Waals surface area contributed by atoms with Gasteiger partial charge < -0.3 is 4.74 Å². The van der Waals surface area contributed by atoms with Gasteiger partial charge in [-0.25, -0.2) is 0 Å². The van der Waals surface area contributed by atoms with Crippen LogP contribution in [-0.4, -0.2) is 21.0 Å². The summed E-state index contributed by atoms with van der Waals surface area (Å²) in [6.45, 7) is 0.191. The zero-order valence-corrected chi connectivity index (χ0v) is 21.7. The van der Waals surface area contributed by atoms with Crippen LogP contribution < -0.4 is 4.74 Å². The summed E-state index contributed by atoms with van der Waals surface area (Å²) in [7, 11) is 0. The number of benzene rings is 3. The number of nitrogens with zero attached hydrogens (tertiary/aromatic N) is 2. The number of carbonyl (C=O) groups excluding carboxylic acids is 2. The first-order chi connectivity index (χ1) is 16.7. The zero-order valence-electron chi connectivity index (χ0n) is 17.7. The lowest BCUT2D eigenvalue weighted by Crippen LogP contribution is -2.27. The molecule has 1 aliphatic rings. The third kappa shape index (κ3) is 6.05. The Morgan fingerprint density at radius 1 is 1.06 bits per heavy atom. The van der Waals surface area contributed by atoms with Crippen molar-refractivity contribution in [2.24, 2.45) is 0 Å². The van der Waals surface area contributed by atoms with Crippen molar-refractivity contribution in [2.45, 2.75) is 13.2 Å². The van der Waals surface area contributed by atoms with E-state index >= 15 is 0 Å². The number of amides is 2. The quantitative estimate of drug-likeness (QED) is 0.160. The zero-order chi connectivity index (χ0) is 25.1. The highest BCUT2D eigenvalue weighted by Gasteiger charge is 2.35. The molecule has 1 fully saturated rings. The number of nitro groups is 1. The second-order valence-corrected chi connectivity index (χ2v) is 10.2. The van der Waals surface area contributed by atoms with Crippen LogP contribution in [0, 0.1) is 10.1 Å². The van der Waals surface area contributed by atoms with Crippen LogP contribution in [0.3, 0.4) is 0 Å². The summed E-state index contributed by atoms with van der Waals surface area (Å²) in [6.07, 6.45) is 1.60. The molecule has 0 spiro atoms. The number of non-ortho nitro benzene ring substituents is 1. The second-order valence-electron chi connectivity index (χ2n) is 7.40. The summed E-state index contributed by atoms with van der Waals surface area (Å²) in [4.78, 5) is 37.2. The van der Waals surface area contributed by atoms with E-state index < -0.39 is 16.1 Å². The van der Waals surface area contributed by atoms with Crippen LogP contribution in [0.5, 0.6) is 5.75 Å². The van der Waals surface area contributed by atoms with Crippen LogP contribution in [-0.2, 0) is 17.9 Å². The monoisotopic (exact) mass is 592 g/mol. The minimum atomic E-state index is -0.509. The Kier molecular flexibility index (Phi) is 7.81. The molecule has 0 saturated carbocycles. The molecule has 3 aromatic rings. The number of hydrogen-bond donors (Lipinski definition) is 0. The van der Waals surface area contributed by atoms with Crippen LogP contribution in [0.15, 0.2) is 70.0 Å². The number of thioether (sulfide) groups is 1. The van der Waals surface area contributed by atoms with Gasteiger partial charge in [0.25, 0.3) is 16.8 Å². The predicted molar refractivity (Wildman–Crippen MR) is 140 cm³/mol. The highest BCUT2D eigenvalue weighted by Crippen LogP contribution is 2.36. The van der Waals surface area contributed by atoms with Crippen LogP contribution >= 0.6 is 50.9 Å². The molecular formula is C24H15BrCl2N2O5S. The van der Waals surface area contributed by atoms with E-state index in [1.807, 2.05) is 0 Å². The standard InChI is InChI=1S/C24H15BrCl2N2O5S/c25-17-4-8-21(34-13-15-3-5-18(26)11-20(15)27)16(9-17)10-22-23(30)28(24(31)35-22)12-14-1-6-19(7-2-14)29(32)33/h1-11H,12-13H2/b22-10-. The normalized spacial score (nSPS) is 14.6. The van der Waals surface area contributed by atoms with Crippen molar-refractivity contribution in [1.82, 2.24) is 4.90 Å². The van der Waals surface area contributed by atoms with Crippen LogP contribution in [0.4, 0.5) is 10.5 Å². The summed E-state index contributed by atoms with van der Waals surface area (Å²) in [6, 6.07) is 16.2. The van der Waals surface area contributed by atoms with Crippen LogP contribution in [0.25, 0.3) is 6.08 Å². The fourth-order valence-corrected chi connectivity index (χ4v) is 4.91. The molecule has 0 atom stereocenters. The highest BCUT2D eigenvalue weighted by atomic mass is 79.9. The van der Waals surface area contributed by atoms with Gasteiger partial charge in [0.15, 0.2) is 0 Å². The number of rotatable bonds is 7. The minimum Gasteiger partial charge on any atom is -0.488 e. The summed E-state index contributed by atoms with van der Waals surface area (Å²) < 4.78 is 6.73. The largest absolute Gasteiger partial charge is 0.488 e. The SMILES string of the molecule is O=C1S/C(=C\c2cc(Br)ccc2OCc2ccc(Cl)cc2Cl)C(=O)N1Cc1ccc([N+](=O)[O-])cc1. The molecule has 1 saturated heterocycles. The molecule has 2 amide bonds. The van der Waals surface area contributed by atoms with Gasteiger partial charge in [-0.05, 0) is 53.7 Å². The number of carbonyl (C=O) groups is 2. The van der Waals surface area contributed by atoms with Crippen molar-refractivity contribution in [3.8, 4) is 5.75 Å². The lowest BCUT2D eigenvalue weighted by atomic mass is 10.1. The van der Waals surface area contributed by atoms with E-state index in [9.17, 15) is 19.7 Å². The van der Waals surface area contributed by atoms with Gasteiger partial charge in [0, 0.05) is 37.8 Å². The van der Waals surface area contributed by atoms with Crippen LogP contribution in [0.1, 0.15) is 16.7 Å². The van der Waals surface area contributed by atoms with Gasteiger partial charge in [-0.15, -0.1) is 0 Å². The van der Waals surface area contributed by atoms with E-state index in [-0.39, 0.29) is 23.7 Å². The predicted octanol–water partition coefficient (Wildman–Crippen LogP) is 7.48. The smallest absolute Gasteiger partial charge is 0.293 e. The molecule has 11 heteroatoms. The fraction of sp³-hybridized carbons (Fsp3) is 0.0833. The lowest BCUT2D eigenvalue weighted by molar-refractivity contribution is -0.384. The van der Waals surface area contributed by atoms with Crippen molar-refractivity contribution in [3.63, 3.8) is 0 Å². The molecule has 7 nitrogen and oxygen atoms in total. The molecule has 0 unspecified atom stereocenters. The Bertz CT molecular complexity index is 1360. The minimum absolute atomic E-state index is 0.0108. The van der Waals surface area contributed by atoms with E-state index in [0.717, 1.165) is 26.7 Å². The summed E-state index contributed by atoms with van der Waals surface area (Å²) in [5.74, 6) is 0.0476. The molecule has 3 aromatic carbocycles. The van der Waals surface area contributed by atoms with Crippen molar-refractivity contribution < 1.29 is 19.2 Å². The Hall–Kier alpha value is -2.85. The molecule has 0 aliphatic carbocycles. The number of ether oxygens (including phenoxy) is 1. The lowest BCUT2D eigenvalue weighted by Gasteiger charge is -2.13. The molecule has 4 rings (SSSR count). The first kappa shape index (κ1) is 25.2. The van der Waals surface area contributed by atoms with Gasteiger partial charge in [-0.2, -0.15) is 0 Å². The number of imide groups is 1. The molecular weight excluding hydrogens is 579 g/mol. The second kappa shape index (κ2) is 10.8. The molecule has 1 heterocycles. The van der Waals surface area contributed by atoms with Gasteiger partial charge >= 0.3 is 0 Å². The average molecular weight is 594 g/mol. The first-order valence-corrected chi connectivity index (χ1v) is 12.4. The Balaban J connectivity index is 1.53. The molecule has 35 heavy (non-hydrogen) atoms. The van der Waals surface area contributed by atoms with E-state index in [0.29, 0.717) is 26.9 Å². The molecule has 1 aliphatic heterocycles. The first-order valence-electron chi connectivity index (χ1n) is 10.1. The third-order valence-electron chi connectivity index (χ3n) is 5.02. The van der Waals surface area contributed by atoms with E-state index in [2.05, 4.69) is 15.9 Å². The topological polar surface area (TPSA) is 89.8 Å². The maximum absolute atomic E-state index is 13.0. The molecule has 0 aromatic heterocycles. The van der Waals surface area contributed by atoms with E-state index in [4.69, 9.17) is 27.9 Å². The Morgan fingerprint density at radius 2 is 1.80 bits per heavy atom. The number of nitro benzene ring substituents is 1. The summed E-state index contributed by atoms with van der Waals surface area (Å²) in [5.41, 5.74) is 1.88. The molecule has 178 valence electrons. The maximum Gasteiger partial charge on any atom is 0.293 e. The van der Waals surface area contributed by atoms with E-state index in [1.54, 1.807) is 42.5 Å². The number of hydrogen-bond acceptors (Lipinski definition) is 6. The van der Waals surface area contributed by atoms with Gasteiger partial charge in [-0.1, -0.05) is 57.3 Å². The van der Waals surface area contributed by atoms with Crippen LogP contribution in [0.2, 0.25) is 10.0 Å². The molecule has 0 N–H and O–H groups in total. The maximum atomic E-state index is 13.0. The molecule has 0 bridgehead atoms. The highest BCUT2D eigenvalue weighted by molar-refractivity contribution is 9.10. The Labute approximate surface area is 222 Å². The van der Waals surface area contributed by atoms with Crippen molar-refractivity contribution in [2.75, 3.05) is 0 Å². The van der Waals surface area contributed by atoms with Gasteiger partial charge in [0.2, 0.25) is 0 Å². The average Bonchev–Trinajstić information content (AvgIpc) is 3.07. The number of halogens is 3. The summed E-state index contributed by atoms with van der Waals surface area (Å²) in [5, 5.41) is 11.4. The van der Waals surface area contributed by atoms with Gasteiger partial charge in [0.05, 0.1) is 16.4 Å². The van der Waals surface area contributed by atoms with Crippen molar-refractivity contribution in [3.05, 3.63) is 107 Å².